The van der Waals surface area contributed by atoms with Gasteiger partial charge in [0.15, 0.2) is 10.7 Å². The molecule has 2 N–H and O–H groups in total. The van der Waals surface area contributed by atoms with Gasteiger partial charge < -0.3 is 9.73 Å². The van der Waals surface area contributed by atoms with Gasteiger partial charge in [-0.1, -0.05) is 47.5 Å². The summed E-state index contributed by atoms with van der Waals surface area (Å²) in [5, 5.41) is 7.68. The molecule has 0 saturated heterocycles. The van der Waals surface area contributed by atoms with Crippen LogP contribution in [-0.2, 0) is 0 Å². The molecule has 3 aromatic carbocycles. The molecule has 5 nitrogen and oxygen atoms in total. The van der Waals surface area contributed by atoms with Crippen molar-refractivity contribution in [2.75, 3.05) is 5.32 Å². The minimum Gasteiger partial charge on any atom is -0.436 e. The molecular formula is C24H15Cl2N3O2S2. The highest BCUT2D eigenvalue weighted by Crippen LogP contribution is 2.36. The van der Waals surface area contributed by atoms with Gasteiger partial charge in [0.1, 0.15) is 10.4 Å². The summed E-state index contributed by atoms with van der Waals surface area (Å²) in [7, 11) is 0. The first-order chi connectivity index (χ1) is 15.9. The van der Waals surface area contributed by atoms with Gasteiger partial charge in [-0.15, -0.1) is 11.3 Å². The lowest BCUT2D eigenvalue weighted by Gasteiger charge is -2.13. The number of para-hydroxylation sites is 2. The van der Waals surface area contributed by atoms with E-state index in [1.165, 1.54) is 11.3 Å². The van der Waals surface area contributed by atoms with Gasteiger partial charge in [0.05, 0.1) is 5.02 Å². The number of anilines is 1. The Hall–Kier alpha value is -2.97. The molecule has 0 aliphatic rings. The van der Waals surface area contributed by atoms with E-state index in [2.05, 4.69) is 15.6 Å². The summed E-state index contributed by atoms with van der Waals surface area (Å²) >= 11 is 19.1. The maximum absolute atomic E-state index is 12.8. The van der Waals surface area contributed by atoms with Crippen LogP contribution in [0.3, 0.4) is 0 Å². The van der Waals surface area contributed by atoms with Crippen LogP contribution >= 0.6 is 46.8 Å². The van der Waals surface area contributed by atoms with Gasteiger partial charge in [0.25, 0.3) is 5.91 Å². The van der Waals surface area contributed by atoms with Crippen LogP contribution in [0.4, 0.5) is 5.69 Å². The number of carbonyl (C=O) groups is 1. The number of hydrogen-bond acceptors (Lipinski definition) is 5. The fourth-order valence-corrected chi connectivity index (χ4v) is 5.38. The second-order valence-corrected chi connectivity index (χ2v) is 9.53. The largest absolute Gasteiger partial charge is 0.436 e. The van der Waals surface area contributed by atoms with Gasteiger partial charge in [-0.05, 0) is 61.1 Å². The molecule has 0 aliphatic carbocycles. The molecule has 0 fully saturated rings. The number of benzene rings is 3. The maximum Gasteiger partial charge on any atom is 0.269 e. The molecule has 5 aromatic rings. The topological polar surface area (TPSA) is 67.2 Å². The molecule has 5 rings (SSSR count). The van der Waals surface area contributed by atoms with Gasteiger partial charge in [-0.3, -0.25) is 10.1 Å². The molecule has 164 valence electrons. The molecule has 1 amide bonds. The van der Waals surface area contributed by atoms with Crippen molar-refractivity contribution in [1.82, 2.24) is 10.3 Å². The zero-order valence-electron chi connectivity index (χ0n) is 17.1. The number of oxazole rings is 1. The van der Waals surface area contributed by atoms with Crippen molar-refractivity contribution >= 4 is 84.6 Å². The quantitative estimate of drug-likeness (QED) is 0.246. The van der Waals surface area contributed by atoms with Gasteiger partial charge in [0, 0.05) is 26.4 Å². The summed E-state index contributed by atoms with van der Waals surface area (Å²) in [4.78, 5) is 17.8. The van der Waals surface area contributed by atoms with E-state index in [0.29, 0.717) is 20.8 Å². The van der Waals surface area contributed by atoms with E-state index in [4.69, 9.17) is 39.8 Å². The molecule has 0 aliphatic heterocycles. The average molecular weight is 512 g/mol. The zero-order valence-corrected chi connectivity index (χ0v) is 20.3. The summed E-state index contributed by atoms with van der Waals surface area (Å²) in [6.07, 6.45) is 0. The van der Waals surface area contributed by atoms with E-state index in [9.17, 15) is 4.79 Å². The number of thiocarbonyl (C=S) groups is 1. The predicted octanol–water partition coefficient (Wildman–Crippen LogP) is 7.45. The highest BCUT2D eigenvalue weighted by atomic mass is 35.5. The number of nitrogens with zero attached hydrogens (tertiary/aromatic N) is 1. The summed E-state index contributed by atoms with van der Waals surface area (Å²) in [6.45, 7) is 1.93. The normalized spacial score (nSPS) is 11.1. The molecule has 2 heterocycles. The summed E-state index contributed by atoms with van der Waals surface area (Å²) in [5.74, 6) is 0.130. The molecule has 2 aromatic heterocycles. The zero-order chi connectivity index (χ0) is 23.1. The van der Waals surface area contributed by atoms with Crippen molar-refractivity contribution in [3.8, 4) is 11.5 Å². The van der Waals surface area contributed by atoms with Crippen LogP contribution in [0, 0.1) is 6.92 Å². The van der Waals surface area contributed by atoms with Crippen molar-refractivity contribution < 1.29 is 9.21 Å². The first-order valence-corrected chi connectivity index (χ1v) is 11.8. The van der Waals surface area contributed by atoms with Crippen molar-refractivity contribution in [3.05, 3.63) is 81.1 Å². The van der Waals surface area contributed by atoms with Gasteiger partial charge in [-0.25, -0.2) is 4.98 Å². The molecule has 0 unspecified atom stereocenters. The highest BCUT2D eigenvalue weighted by Gasteiger charge is 2.19. The first kappa shape index (κ1) is 21.9. The minimum atomic E-state index is -0.386. The van der Waals surface area contributed by atoms with Gasteiger partial charge in [0.2, 0.25) is 5.89 Å². The number of rotatable bonds is 3. The number of fused-ring (bicyclic) bond motifs is 2. The maximum atomic E-state index is 12.8. The van der Waals surface area contributed by atoms with E-state index in [0.717, 1.165) is 38.0 Å². The van der Waals surface area contributed by atoms with Crippen LogP contribution in [0.1, 0.15) is 15.2 Å². The number of hydrogen-bond donors (Lipinski definition) is 2. The Morgan fingerprint density at radius 3 is 2.73 bits per heavy atom. The highest BCUT2D eigenvalue weighted by molar-refractivity contribution is 7.80. The predicted molar refractivity (Wildman–Crippen MR) is 140 cm³/mol. The lowest BCUT2D eigenvalue weighted by Crippen LogP contribution is -2.34. The van der Waals surface area contributed by atoms with E-state index < -0.39 is 0 Å². The average Bonchev–Trinajstić information content (AvgIpc) is 3.36. The Morgan fingerprint density at radius 2 is 1.91 bits per heavy atom. The van der Waals surface area contributed by atoms with E-state index in [1.54, 1.807) is 18.2 Å². The SMILES string of the molecule is Cc1c(NC(=S)NC(=O)c2sc3cc(Cl)ccc3c2Cl)cccc1-c1nc2ccccc2o1. The molecule has 0 bridgehead atoms. The summed E-state index contributed by atoms with van der Waals surface area (Å²) in [6, 6.07) is 18.6. The standard InChI is InChI=1S/C24H15Cl2N3O2S2/c1-12-14(23-27-17-6-2-3-8-18(17)31-23)5-4-7-16(12)28-24(32)29-22(30)21-20(26)15-10-9-13(25)11-19(15)33-21/h2-11H,1H3,(H2,28,29,30,32). The number of thiophene rings is 1. The Morgan fingerprint density at radius 1 is 1.09 bits per heavy atom. The molecule has 9 heteroatoms. The number of carbonyl (C=O) groups excluding carboxylic acids is 1. The third-order valence-corrected chi connectivity index (χ3v) is 7.23. The van der Waals surface area contributed by atoms with Crippen molar-refractivity contribution in [2.24, 2.45) is 0 Å². The van der Waals surface area contributed by atoms with Crippen LogP contribution in [0.25, 0.3) is 32.6 Å². The third-order valence-electron chi connectivity index (χ3n) is 5.13. The molecular weight excluding hydrogens is 497 g/mol. The van der Waals surface area contributed by atoms with E-state index >= 15 is 0 Å². The van der Waals surface area contributed by atoms with E-state index in [-0.39, 0.29) is 11.0 Å². The van der Waals surface area contributed by atoms with Crippen LogP contribution < -0.4 is 10.6 Å². The Labute approximate surface area is 208 Å². The fourth-order valence-electron chi connectivity index (χ4n) is 3.49. The lowest BCUT2D eigenvalue weighted by molar-refractivity contribution is 0.0982. The number of amides is 1. The molecule has 0 radical (unpaired) electrons. The first-order valence-electron chi connectivity index (χ1n) is 9.86. The second-order valence-electron chi connectivity index (χ2n) is 7.26. The Kier molecular flexibility index (Phi) is 5.80. The molecule has 33 heavy (non-hydrogen) atoms. The van der Waals surface area contributed by atoms with Crippen LogP contribution in [0.15, 0.2) is 65.1 Å². The van der Waals surface area contributed by atoms with Crippen molar-refractivity contribution in [3.63, 3.8) is 0 Å². The number of nitrogens with one attached hydrogen (secondary N) is 2. The third kappa shape index (κ3) is 4.20. The van der Waals surface area contributed by atoms with Crippen LogP contribution in [0.5, 0.6) is 0 Å². The molecule has 0 saturated carbocycles. The number of halogens is 2. The van der Waals surface area contributed by atoms with Crippen molar-refractivity contribution in [2.45, 2.75) is 6.92 Å². The van der Waals surface area contributed by atoms with Crippen LogP contribution in [-0.4, -0.2) is 16.0 Å². The molecule has 0 atom stereocenters. The Balaban J connectivity index is 1.36. The minimum absolute atomic E-state index is 0.157. The van der Waals surface area contributed by atoms with Crippen molar-refractivity contribution in [1.29, 1.82) is 0 Å². The smallest absolute Gasteiger partial charge is 0.269 e. The van der Waals surface area contributed by atoms with Crippen LogP contribution in [0.2, 0.25) is 10.0 Å². The summed E-state index contributed by atoms with van der Waals surface area (Å²) in [5.41, 5.74) is 3.95. The summed E-state index contributed by atoms with van der Waals surface area (Å²) < 4.78 is 6.74. The van der Waals surface area contributed by atoms with E-state index in [1.807, 2.05) is 49.4 Å². The monoisotopic (exact) mass is 511 g/mol. The number of aromatic nitrogens is 1. The second kappa shape index (κ2) is 8.76. The molecule has 0 spiro atoms. The van der Waals surface area contributed by atoms with Gasteiger partial charge >= 0.3 is 0 Å². The Bertz CT molecular complexity index is 1530. The fraction of sp³-hybridized carbons (Fsp3) is 0.0417. The lowest BCUT2D eigenvalue weighted by atomic mass is 10.1. The van der Waals surface area contributed by atoms with Gasteiger partial charge in [-0.2, -0.15) is 0 Å².